The van der Waals surface area contributed by atoms with Crippen LogP contribution in [0.4, 0.5) is 0 Å². The van der Waals surface area contributed by atoms with Gasteiger partial charge in [0.1, 0.15) is 0 Å². The first-order valence-electron chi connectivity index (χ1n) is 5.57. The van der Waals surface area contributed by atoms with Crippen LogP contribution < -0.4 is 0 Å². The van der Waals surface area contributed by atoms with Crippen LogP contribution >= 0.6 is 0 Å². The van der Waals surface area contributed by atoms with E-state index in [4.69, 9.17) is 0 Å². The van der Waals surface area contributed by atoms with E-state index >= 15 is 0 Å². The van der Waals surface area contributed by atoms with E-state index in [1.165, 1.54) is 25.8 Å². The number of fused-ring (bicyclic) bond motifs is 5. The van der Waals surface area contributed by atoms with Crippen molar-refractivity contribution in [3.63, 3.8) is 0 Å². The molecule has 0 radical (unpaired) electrons. The molecule has 0 saturated heterocycles. The van der Waals surface area contributed by atoms with E-state index in [-0.39, 0.29) is 0 Å². The number of nitrogens with zero attached hydrogens (tertiary/aromatic N) is 1. The molecule has 3 aromatic carbocycles. The van der Waals surface area contributed by atoms with E-state index < -0.39 is 0 Å². The number of rotatable bonds is 0. The Labute approximate surface area is 104 Å². The molecule has 4 aromatic rings. The topological polar surface area (TPSA) is 12.9 Å². The number of hydrogen-bond acceptors (Lipinski definition) is 1. The molecule has 1 nitrogen and oxygen atoms in total. The summed E-state index contributed by atoms with van der Waals surface area (Å²) >= 11 is 0.400. The van der Waals surface area contributed by atoms with Crippen LogP contribution in [0.5, 0.6) is 0 Å². The van der Waals surface area contributed by atoms with E-state index in [1.807, 2.05) is 0 Å². The van der Waals surface area contributed by atoms with Gasteiger partial charge in [0.25, 0.3) is 0 Å². The van der Waals surface area contributed by atoms with Crippen LogP contribution in [0.25, 0.3) is 31.3 Å². The zero-order valence-electron chi connectivity index (χ0n) is 9.05. The minimum atomic E-state index is 0.400. The molecule has 0 aliphatic carbocycles. The molecule has 4 rings (SSSR count). The first kappa shape index (κ1) is 9.40. The van der Waals surface area contributed by atoms with E-state index in [2.05, 4.69) is 58.6 Å². The van der Waals surface area contributed by atoms with Gasteiger partial charge in [0, 0.05) is 0 Å². The van der Waals surface area contributed by atoms with Gasteiger partial charge in [-0.1, -0.05) is 0 Å². The Kier molecular flexibility index (Phi) is 1.90. The van der Waals surface area contributed by atoms with E-state index in [0.29, 0.717) is 14.5 Å². The van der Waals surface area contributed by atoms with Crippen LogP contribution in [-0.2, 0) is 0 Å². The van der Waals surface area contributed by atoms with Crippen LogP contribution in [0.15, 0.2) is 53.6 Å². The normalized spacial score (nSPS) is 11.5. The van der Waals surface area contributed by atoms with Gasteiger partial charge in [0.15, 0.2) is 0 Å². The van der Waals surface area contributed by atoms with Crippen LogP contribution in [0.2, 0.25) is 0 Å². The summed E-state index contributed by atoms with van der Waals surface area (Å²) in [5.74, 6) is 0. The molecule has 0 unspecified atom stereocenters. The van der Waals surface area contributed by atoms with Gasteiger partial charge in [-0.2, -0.15) is 0 Å². The standard InChI is InChI=1S/C15H9NSe/c1-2-4-11-10(3-1)5-6-13-12(11)7-8-14-15(13)17-9-16-14/h1-9H. The summed E-state index contributed by atoms with van der Waals surface area (Å²) in [6, 6.07) is 17.4. The zero-order valence-corrected chi connectivity index (χ0v) is 10.8. The predicted molar refractivity (Wildman–Crippen MR) is 73.7 cm³/mol. The molecule has 0 spiro atoms. The van der Waals surface area contributed by atoms with Crippen molar-refractivity contribution >= 4 is 45.8 Å². The second-order valence-electron chi connectivity index (χ2n) is 4.15. The van der Waals surface area contributed by atoms with Crippen molar-refractivity contribution in [2.24, 2.45) is 0 Å². The second kappa shape index (κ2) is 3.43. The van der Waals surface area contributed by atoms with Gasteiger partial charge in [0.05, 0.1) is 0 Å². The summed E-state index contributed by atoms with van der Waals surface area (Å²) in [7, 11) is 0. The molecule has 0 fully saturated rings. The molecule has 80 valence electrons. The van der Waals surface area contributed by atoms with E-state index in [9.17, 15) is 0 Å². The molecule has 0 saturated carbocycles. The molecule has 2 heteroatoms. The number of hydrogen-bond donors (Lipinski definition) is 0. The summed E-state index contributed by atoms with van der Waals surface area (Å²) in [4.78, 5) is 4.43. The zero-order chi connectivity index (χ0) is 11.2. The van der Waals surface area contributed by atoms with Crippen LogP contribution in [-0.4, -0.2) is 19.5 Å². The average Bonchev–Trinajstić information content (AvgIpc) is 2.86. The van der Waals surface area contributed by atoms with Crippen molar-refractivity contribution in [1.82, 2.24) is 4.98 Å². The van der Waals surface area contributed by atoms with Gasteiger partial charge < -0.3 is 0 Å². The van der Waals surface area contributed by atoms with Crippen molar-refractivity contribution in [3.05, 3.63) is 53.6 Å². The molecule has 17 heavy (non-hydrogen) atoms. The Hall–Kier alpha value is -1.63. The molecule has 0 N–H and O–H groups in total. The van der Waals surface area contributed by atoms with E-state index in [0.717, 1.165) is 5.52 Å². The SMILES string of the molecule is c1ccc2c(c1)ccc1c2ccc2nc[se]c21. The average molecular weight is 282 g/mol. The third kappa shape index (κ3) is 1.28. The maximum absolute atomic E-state index is 4.43. The van der Waals surface area contributed by atoms with Crippen molar-refractivity contribution in [2.75, 3.05) is 0 Å². The number of aromatic nitrogens is 1. The molecule has 1 heterocycles. The fraction of sp³-hybridized carbons (Fsp3) is 0. The molecule has 0 bridgehead atoms. The van der Waals surface area contributed by atoms with Gasteiger partial charge in [-0.3, -0.25) is 0 Å². The molecular weight excluding hydrogens is 273 g/mol. The molecule has 0 amide bonds. The quantitative estimate of drug-likeness (QED) is 0.355. The minimum absolute atomic E-state index is 0.400. The Morgan fingerprint density at radius 3 is 2.65 bits per heavy atom. The van der Waals surface area contributed by atoms with Gasteiger partial charge in [-0.25, -0.2) is 0 Å². The Morgan fingerprint density at radius 2 is 1.65 bits per heavy atom. The fourth-order valence-corrected chi connectivity index (χ4v) is 4.13. The van der Waals surface area contributed by atoms with Crippen molar-refractivity contribution in [3.8, 4) is 0 Å². The summed E-state index contributed by atoms with van der Waals surface area (Å²) < 4.78 is 1.43. The van der Waals surface area contributed by atoms with Crippen molar-refractivity contribution in [2.45, 2.75) is 0 Å². The first-order chi connectivity index (χ1) is 8.43. The van der Waals surface area contributed by atoms with Crippen LogP contribution in [0.3, 0.4) is 0 Å². The fourth-order valence-electron chi connectivity index (χ4n) is 2.41. The third-order valence-electron chi connectivity index (χ3n) is 3.22. The summed E-state index contributed by atoms with van der Waals surface area (Å²) in [5.41, 5.74) is 1.16. The molecular formula is C15H9NSe. The summed E-state index contributed by atoms with van der Waals surface area (Å²) in [6.07, 6.45) is 0. The second-order valence-corrected chi connectivity index (χ2v) is 5.94. The molecule has 0 aliphatic rings. The van der Waals surface area contributed by atoms with Gasteiger partial charge in [0.2, 0.25) is 0 Å². The van der Waals surface area contributed by atoms with Gasteiger partial charge >= 0.3 is 104 Å². The predicted octanol–water partition coefficient (Wildman–Crippen LogP) is 3.60. The Bertz CT molecular complexity index is 845. The first-order valence-corrected chi connectivity index (χ1v) is 7.42. The molecule has 1 aromatic heterocycles. The van der Waals surface area contributed by atoms with E-state index in [1.54, 1.807) is 0 Å². The van der Waals surface area contributed by atoms with Gasteiger partial charge in [-0.05, 0) is 0 Å². The van der Waals surface area contributed by atoms with Crippen LogP contribution in [0.1, 0.15) is 0 Å². The van der Waals surface area contributed by atoms with Gasteiger partial charge in [-0.15, -0.1) is 0 Å². The number of benzene rings is 3. The molecule has 0 atom stereocenters. The monoisotopic (exact) mass is 283 g/mol. The maximum atomic E-state index is 4.43. The Balaban J connectivity index is 2.34. The van der Waals surface area contributed by atoms with Crippen LogP contribution in [0, 0.1) is 0 Å². The Morgan fingerprint density at radius 1 is 0.765 bits per heavy atom. The third-order valence-corrected chi connectivity index (χ3v) is 5.06. The summed E-state index contributed by atoms with van der Waals surface area (Å²) in [5, 5.41) is 7.45. The summed E-state index contributed by atoms with van der Waals surface area (Å²) in [6.45, 7) is 0. The van der Waals surface area contributed by atoms with Crippen molar-refractivity contribution in [1.29, 1.82) is 0 Å². The van der Waals surface area contributed by atoms with Crippen molar-refractivity contribution < 1.29 is 0 Å². The molecule has 0 aliphatic heterocycles.